The van der Waals surface area contributed by atoms with Crippen LogP contribution in [0.1, 0.15) is 5.01 Å². The second-order valence-electron chi connectivity index (χ2n) is 3.20. The number of benzene rings is 1. The van der Waals surface area contributed by atoms with Crippen molar-refractivity contribution >= 4 is 22.7 Å². The number of aromatic nitrogens is 1. The summed E-state index contributed by atoms with van der Waals surface area (Å²) in [6.45, 7) is 0.335. The van der Waals surface area contributed by atoms with Crippen LogP contribution in [0.5, 0.6) is 0 Å². The van der Waals surface area contributed by atoms with Gasteiger partial charge in [-0.1, -0.05) is 0 Å². The van der Waals surface area contributed by atoms with Gasteiger partial charge in [0.25, 0.3) is 5.69 Å². The van der Waals surface area contributed by atoms with Gasteiger partial charge in [0.2, 0.25) is 0 Å². The van der Waals surface area contributed by atoms with Gasteiger partial charge < -0.3 is 5.32 Å². The maximum atomic E-state index is 13.0. The predicted molar refractivity (Wildman–Crippen MR) is 62.5 cm³/mol. The van der Waals surface area contributed by atoms with Gasteiger partial charge in [-0.2, -0.15) is 0 Å². The minimum Gasteiger partial charge on any atom is -0.373 e. The van der Waals surface area contributed by atoms with Crippen LogP contribution in [0.15, 0.2) is 29.8 Å². The third kappa shape index (κ3) is 2.76. The van der Waals surface area contributed by atoms with Crippen molar-refractivity contribution in [3.63, 3.8) is 0 Å². The number of nitro groups is 1. The number of hydrogen-bond donors (Lipinski definition) is 1. The number of anilines is 1. The van der Waals surface area contributed by atoms with Crippen LogP contribution in [-0.4, -0.2) is 9.91 Å². The van der Waals surface area contributed by atoms with E-state index in [2.05, 4.69) is 10.3 Å². The highest BCUT2D eigenvalue weighted by molar-refractivity contribution is 7.09. The van der Waals surface area contributed by atoms with Gasteiger partial charge in [-0.25, -0.2) is 9.37 Å². The molecular formula is C10H8FN3O2S. The number of rotatable bonds is 4. The van der Waals surface area contributed by atoms with E-state index in [1.807, 2.05) is 0 Å². The number of nitro benzene ring substituents is 1. The first-order valence-electron chi connectivity index (χ1n) is 4.73. The molecule has 0 amide bonds. The minimum absolute atomic E-state index is 0.150. The van der Waals surface area contributed by atoms with Crippen LogP contribution in [0.3, 0.4) is 0 Å². The van der Waals surface area contributed by atoms with Crippen LogP contribution in [0, 0.1) is 15.9 Å². The van der Waals surface area contributed by atoms with Crippen LogP contribution < -0.4 is 5.32 Å². The molecule has 1 aromatic carbocycles. The van der Waals surface area contributed by atoms with Gasteiger partial charge in [-0.3, -0.25) is 10.1 Å². The summed E-state index contributed by atoms with van der Waals surface area (Å²) in [4.78, 5) is 14.2. The molecule has 0 aliphatic carbocycles. The van der Waals surface area contributed by atoms with Gasteiger partial charge in [0.1, 0.15) is 16.5 Å². The summed E-state index contributed by atoms with van der Waals surface area (Å²) >= 11 is 1.42. The molecule has 0 unspecified atom stereocenters. The van der Waals surface area contributed by atoms with E-state index in [0.717, 1.165) is 23.2 Å². The molecule has 0 radical (unpaired) electrons. The molecule has 0 aliphatic rings. The molecule has 0 aliphatic heterocycles. The molecule has 17 heavy (non-hydrogen) atoms. The molecule has 0 saturated carbocycles. The monoisotopic (exact) mass is 253 g/mol. The zero-order valence-electron chi connectivity index (χ0n) is 8.59. The summed E-state index contributed by atoms with van der Waals surface area (Å²) in [5, 5.41) is 16.1. The Morgan fingerprint density at radius 2 is 2.35 bits per heavy atom. The lowest BCUT2D eigenvalue weighted by molar-refractivity contribution is -0.384. The van der Waals surface area contributed by atoms with Gasteiger partial charge in [0, 0.05) is 23.7 Å². The fourth-order valence-corrected chi connectivity index (χ4v) is 1.88. The standard InChI is InChI=1S/C10H8FN3O2S/c11-7-1-2-9(14(15)16)8(5-7)13-6-10-12-3-4-17-10/h1-5,13H,6H2. The molecule has 7 heteroatoms. The van der Waals surface area contributed by atoms with Crippen LogP contribution >= 0.6 is 11.3 Å². The average molecular weight is 253 g/mol. The van der Waals surface area contributed by atoms with Gasteiger partial charge in [0.15, 0.2) is 0 Å². The van der Waals surface area contributed by atoms with E-state index in [4.69, 9.17) is 0 Å². The van der Waals surface area contributed by atoms with Gasteiger partial charge in [-0.15, -0.1) is 11.3 Å². The van der Waals surface area contributed by atoms with Crippen LogP contribution in [0.2, 0.25) is 0 Å². The van der Waals surface area contributed by atoms with Crippen molar-refractivity contribution in [3.8, 4) is 0 Å². The largest absolute Gasteiger partial charge is 0.373 e. The molecule has 2 rings (SSSR count). The van der Waals surface area contributed by atoms with Gasteiger partial charge >= 0.3 is 0 Å². The topological polar surface area (TPSA) is 68.1 Å². The molecule has 0 fully saturated rings. The summed E-state index contributed by atoms with van der Waals surface area (Å²) in [5.74, 6) is -0.516. The first-order valence-corrected chi connectivity index (χ1v) is 5.61. The zero-order chi connectivity index (χ0) is 12.3. The maximum absolute atomic E-state index is 13.0. The Balaban J connectivity index is 2.19. The number of nitrogens with one attached hydrogen (secondary N) is 1. The number of hydrogen-bond acceptors (Lipinski definition) is 5. The van der Waals surface area contributed by atoms with Crippen LogP contribution in [0.25, 0.3) is 0 Å². The molecule has 0 spiro atoms. The van der Waals surface area contributed by atoms with Gasteiger partial charge in [-0.05, 0) is 6.07 Å². The van der Waals surface area contributed by atoms with E-state index in [0.29, 0.717) is 6.54 Å². The summed E-state index contributed by atoms with van der Waals surface area (Å²) in [5.41, 5.74) is 0.00755. The van der Waals surface area contributed by atoms with E-state index < -0.39 is 10.7 Å². The van der Waals surface area contributed by atoms with Gasteiger partial charge in [0.05, 0.1) is 11.5 Å². The summed E-state index contributed by atoms with van der Waals surface area (Å²) in [7, 11) is 0. The zero-order valence-corrected chi connectivity index (χ0v) is 9.41. The summed E-state index contributed by atoms with van der Waals surface area (Å²) in [6, 6.07) is 3.30. The number of halogens is 1. The third-order valence-electron chi connectivity index (χ3n) is 2.07. The first kappa shape index (κ1) is 11.5. The molecule has 2 aromatic rings. The second kappa shape index (κ2) is 4.88. The molecule has 1 aromatic heterocycles. The Labute approximate surface area is 100 Å². The van der Waals surface area contributed by atoms with E-state index in [-0.39, 0.29) is 11.4 Å². The van der Waals surface area contributed by atoms with Crippen LogP contribution in [-0.2, 0) is 6.54 Å². The lowest BCUT2D eigenvalue weighted by Gasteiger charge is -2.05. The number of nitrogens with zero attached hydrogens (tertiary/aromatic N) is 2. The minimum atomic E-state index is -0.552. The Kier molecular flexibility index (Phi) is 3.29. The van der Waals surface area contributed by atoms with Crippen molar-refractivity contribution in [2.75, 3.05) is 5.32 Å². The van der Waals surface area contributed by atoms with Crippen molar-refractivity contribution in [2.45, 2.75) is 6.54 Å². The summed E-state index contributed by atoms with van der Waals surface area (Å²) < 4.78 is 13.0. The average Bonchev–Trinajstić information content (AvgIpc) is 2.78. The maximum Gasteiger partial charge on any atom is 0.292 e. The second-order valence-corrected chi connectivity index (χ2v) is 4.18. The smallest absolute Gasteiger partial charge is 0.292 e. The Morgan fingerprint density at radius 3 is 3.00 bits per heavy atom. The first-order chi connectivity index (χ1) is 8.16. The molecular weight excluding hydrogens is 245 g/mol. The van der Waals surface area contributed by atoms with Crippen molar-refractivity contribution in [1.82, 2.24) is 4.98 Å². The van der Waals surface area contributed by atoms with E-state index >= 15 is 0 Å². The SMILES string of the molecule is O=[N+]([O-])c1ccc(F)cc1NCc1nccs1. The highest BCUT2D eigenvalue weighted by atomic mass is 32.1. The lowest BCUT2D eigenvalue weighted by Crippen LogP contribution is -2.02. The fraction of sp³-hybridized carbons (Fsp3) is 0.100. The van der Waals surface area contributed by atoms with E-state index in [9.17, 15) is 14.5 Å². The lowest BCUT2D eigenvalue weighted by atomic mass is 10.2. The van der Waals surface area contributed by atoms with Crippen molar-refractivity contribution in [1.29, 1.82) is 0 Å². The van der Waals surface area contributed by atoms with Crippen LogP contribution in [0.4, 0.5) is 15.8 Å². The highest BCUT2D eigenvalue weighted by Crippen LogP contribution is 2.25. The third-order valence-corrected chi connectivity index (χ3v) is 2.85. The van der Waals surface area contributed by atoms with E-state index in [1.165, 1.54) is 11.3 Å². The quantitative estimate of drug-likeness (QED) is 0.672. The summed E-state index contributed by atoms with van der Waals surface area (Å²) in [6.07, 6.45) is 1.64. The Morgan fingerprint density at radius 1 is 1.53 bits per heavy atom. The fourth-order valence-electron chi connectivity index (χ4n) is 1.32. The number of thiazole rings is 1. The van der Waals surface area contributed by atoms with Crippen molar-refractivity contribution in [2.24, 2.45) is 0 Å². The Bertz CT molecular complexity index is 530. The van der Waals surface area contributed by atoms with Crippen molar-refractivity contribution < 1.29 is 9.31 Å². The molecule has 5 nitrogen and oxygen atoms in total. The highest BCUT2D eigenvalue weighted by Gasteiger charge is 2.14. The Hall–Kier alpha value is -2.02. The molecule has 0 saturated heterocycles. The molecule has 1 N–H and O–H groups in total. The normalized spacial score (nSPS) is 10.2. The van der Waals surface area contributed by atoms with Crippen molar-refractivity contribution in [3.05, 3.63) is 50.7 Å². The molecule has 0 atom stereocenters. The van der Waals surface area contributed by atoms with E-state index in [1.54, 1.807) is 11.6 Å². The molecule has 1 heterocycles. The molecule has 0 bridgehead atoms. The molecule has 88 valence electrons. The predicted octanol–water partition coefficient (Wildman–Crippen LogP) is 2.80.